The van der Waals surface area contributed by atoms with Crippen LogP contribution >= 0.6 is 39.1 Å². The van der Waals surface area contributed by atoms with Crippen LogP contribution in [0.25, 0.3) is 0 Å². The first-order chi connectivity index (χ1) is 8.66. The molecule has 1 heterocycles. The molecular weight excluding hydrogens is 337 g/mol. The first-order valence-electron chi connectivity index (χ1n) is 6.15. The average Bonchev–Trinajstić information content (AvgIpc) is 2.37. The molecule has 1 aliphatic rings. The van der Waals surface area contributed by atoms with E-state index in [-0.39, 0.29) is 0 Å². The third-order valence-corrected chi connectivity index (χ3v) is 4.65. The van der Waals surface area contributed by atoms with E-state index in [4.69, 9.17) is 27.9 Å². The molecule has 1 atom stereocenters. The molecule has 0 aliphatic carbocycles. The van der Waals surface area contributed by atoms with Gasteiger partial charge in [-0.2, -0.15) is 0 Å². The summed E-state index contributed by atoms with van der Waals surface area (Å²) in [7, 11) is 0. The fourth-order valence-corrected chi connectivity index (χ4v) is 2.97. The highest BCUT2D eigenvalue weighted by atomic mass is 79.9. The maximum atomic E-state index is 6.10. The topological polar surface area (TPSA) is 21.3 Å². The number of halogens is 3. The maximum absolute atomic E-state index is 6.10. The predicted molar refractivity (Wildman–Crippen MR) is 79.9 cm³/mol. The Kier molecular flexibility index (Phi) is 5.61. The van der Waals surface area contributed by atoms with Crippen LogP contribution in [0.3, 0.4) is 0 Å². The second-order valence-electron chi connectivity index (χ2n) is 4.55. The van der Waals surface area contributed by atoms with Gasteiger partial charge in [-0.25, -0.2) is 0 Å². The van der Waals surface area contributed by atoms with Crippen molar-refractivity contribution in [1.29, 1.82) is 0 Å². The maximum Gasteiger partial charge on any atom is 0.139 e. The summed E-state index contributed by atoms with van der Waals surface area (Å²) in [5.41, 5.74) is 0. The minimum Gasteiger partial charge on any atom is -0.492 e. The van der Waals surface area contributed by atoms with Crippen molar-refractivity contribution in [1.82, 2.24) is 5.32 Å². The molecule has 18 heavy (non-hydrogen) atoms. The summed E-state index contributed by atoms with van der Waals surface area (Å²) in [4.78, 5) is 0. The van der Waals surface area contributed by atoms with E-state index in [1.807, 2.05) is 0 Å². The lowest BCUT2D eigenvalue weighted by Gasteiger charge is -2.22. The van der Waals surface area contributed by atoms with Gasteiger partial charge in [0, 0.05) is 10.5 Å². The monoisotopic (exact) mass is 351 g/mol. The van der Waals surface area contributed by atoms with Crippen LogP contribution < -0.4 is 10.1 Å². The first-order valence-corrected chi connectivity index (χ1v) is 7.70. The van der Waals surface area contributed by atoms with Gasteiger partial charge in [-0.3, -0.25) is 0 Å². The van der Waals surface area contributed by atoms with Crippen LogP contribution in [0.15, 0.2) is 16.6 Å². The van der Waals surface area contributed by atoms with Crippen LogP contribution in [0.4, 0.5) is 0 Å². The van der Waals surface area contributed by atoms with Gasteiger partial charge in [-0.15, -0.1) is 0 Å². The Balaban J connectivity index is 1.84. The summed E-state index contributed by atoms with van der Waals surface area (Å²) in [5, 5.41) is 4.61. The van der Waals surface area contributed by atoms with E-state index in [9.17, 15) is 0 Å². The van der Waals surface area contributed by atoms with Crippen LogP contribution in [0, 0.1) is 5.92 Å². The standard InChI is InChI=1S/C13H16BrCl2NO/c14-10-6-12(16)13(7-11(10)15)18-5-3-9-2-1-4-17-8-9/h6-7,9,17H,1-5,8H2. The fourth-order valence-electron chi connectivity index (χ4n) is 2.12. The molecule has 1 unspecified atom stereocenters. The molecule has 0 bridgehead atoms. The lowest BCUT2D eigenvalue weighted by molar-refractivity contribution is 0.254. The van der Waals surface area contributed by atoms with E-state index >= 15 is 0 Å². The predicted octanol–water partition coefficient (Wildman–Crippen LogP) is 4.52. The SMILES string of the molecule is Clc1cc(OCCC2CCCNC2)c(Cl)cc1Br. The molecule has 5 heteroatoms. The lowest BCUT2D eigenvalue weighted by atomic mass is 9.97. The van der Waals surface area contributed by atoms with Crippen molar-refractivity contribution in [3.8, 4) is 5.75 Å². The van der Waals surface area contributed by atoms with Gasteiger partial charge in [0.25, 0.3) is 0 Å². The average molecular weight is 353 g/mol. The molecule has 1 N–H and O–H groups in total. The van der Waals surface area contributed by atoms with E-state index in [0.717, 1.165) is 24.0 Å². The van der Waals surface area contributed by atoms with Crippen LogP contribution in [0.5, 0.6) is 5.75 Å². The fraction of sp³-hybridized carbons (Fsp3) is 0.538. The number of ether oxygens (including phenoxy) is 1. The molecule has 0 aromatic heterocycles. The van der Waals surface area contributed by atoms with Crippen molar-refractivity contribution in [3.05, 3.63) is 26.7 Å². The molecule has 1 aromatic rings. The van der Waals surface area contributed by atoms with Gasteiger partial charge in [0.05, 0.1) is 16.7 Å². The van der Waals surface area contributed by atoms with E-state index < -0.39 is 0 Å². The van der Waals surface area contributed by atoms with E-state index in [1.54, 1.807) is 12.1 Å². The van der Waals surface area contributed by atoms with Crippen LogP contribution in [-0.4, -0.2) is 19.7 Å². The van der Waals surface area contributed by atoms with E-state index in [2.05, 4.69) is 21.2 Å². The van der Waals surface area contributed by atoms with Crippen molar-refractivity contribution in [2.24, 2.45) is 5.92 Å². The second kappa shape index (κ2) is 6.99. The van der Waals surface area contributed by atoms with Gasteiger partial charge in [0.2, 0.25) is 0 Å². The highest BCUT2D eigenvalue weighted by molar-refractivity contribution is 9.10. The molecule has 0 saturated carbocycles. The zero-order valence-corrected chi connectivity index (χ0v) is 13.1. The molecule has 1 fully saturated rings. The summed E-state index contributed by atoms with van der Waals surface area (Å²) < 4.78 is 6.50. The Hall–Kier alpha value is 0.0400. The van der Waals surface area contributed by atoms with E-state index in [0.29, 0.717) is 28.3 Å². The minimum absolute atomic E-state index is 0.591. The Bertz CT molecular complexity index is 408. The summed E-state index contributed by atoms with van der Waals surface area (Å²) in [5.74, 6) is 1.37. The number of benzene rings is 1. The summed E-state index contributed by atoms with van der Waals surface area (Å²) >= 11 is 15.4. The number of rotatable bonds is 4. The zero-order valence-electron chi connectivity index (χ0n) is 10.0. The third-order valence-electron chi connectivity index (χ3n) is 3.16. The smallest absolute Gasteiger partial charge is 0.139 e. The Morgan fingerprint density at radius 1 is 1.33 bits per heavy atom. The zero-order chi connectivity index (χ0) is 13.0. The van der Waals surface area contributed by atoms with Crippen molar-refractivity contribution < 1.29 is 4.74 Å². The number of nitrogens with one attached hydrogen (secondary N) is 1. The van der Waals surface area contributed by atoms with Gasteiger partial charge in [-0.1, -0.05) is 23.2 Å². The Labute approximate surface area is 126 Å². The Morgan fingerprint density at radius 2 is 2.17 bits per heavy atom. The van der Waals surface area contributed by atoms with Crippen LogP contribution in [0.2, 0.25) is 10.0 Å². The highest BCUT2D eigenvalue weighted by Crippen LogP contribution is 2.34. The summed E-state index contributed by atoms with van der Waals surface area (Å²) in [6.45, 7) is 2.92. The van der Waals surface area contributed by atoms with Gasteiger partial charge in [-0.05, 0) is 60.3 Å². The summed E-state index contributed by atoms with van der Waals surface area (Å²) in [6.07, 6.45) is 3.59. The van der Waals surface area contributed by atoms with Crippen molar-refractivity contribution in [2.45, 2.75) is 19.3 Å². The van der Waals surface area contributed by atoms with Crippen LogP contribution in [-0.2, 0) is 0 Å². The second-order valence-corrected chi connectivity index (χ2v) is 6.21. The molecular formula is C13H16BrCl2NO. The highest BCUT2D eigenvalue weighted by Gasteiger charge is 2.13. The Morgan fingerprint density at radius 3 is 2.89 bits per heavy atom. The van der Waals surface area contributed by atoms with E-state index in [1.165, 1.54) is 12.8 Å². The molecule has 1 aromatic carbocycles. The molecule has 0 radical (unpaired) electrons. The van der Waals surface area contributed by atoms with Gasteiger partial charge >= 0.3 is 0 Å². The van der Waals surface area contributed by atoms with Gasteiger partial charge < -0.3 is 10.1 Å². The number of hydrogen-bond donors (Lipinski definition) is 1. The van der Waals surface area contributed by atoms with Gasteiger partial charge in [0.1, 0.15) is 5.75 Å². The third kappa shape index (κ3) is 4.02. The largest absolute Gasteiger partial charge is 0.492 e. The lowest BCUT2D eigenvalue weighted by Crippen LogP contribution is -2.30. The molecule has 0 spiro atoms. The molecule has 2 nitrogen and oxygen atoms in total. The van der Waals surface area contributed by atoms with Crippen molar-refractivity contribution in [2.75, 3.05) is 19.7 Å². The van der Waals surface area contributed by atoms with Gasteiger partial charge in [0.15, 0.2) is 0 Å². The number of piperidine rings is 1. The summed E-state index contributed by atoms with van der Waals surface area (Å²) in [6, 6.07) is 3.52. The normalized spacial score (nSPS) is 19.8. The molecule has 1 aliphatic heterocycles. The number of hydrogen-bond acceptors (Lipinski definition) is 2. The van der Waals surface area contributed by atoms with Crippen molar-refractivity contribution >= 4 is 39.1 Å². The molecule has 100 valence electrons. The molecule has 2 rings (SSSR count). The molecule has 0 amide bonds. The molecule has 1 saturated heterocycles. The van der Waals surface area contributed by atoms with Crippen molar-refractivity contribution in [3.63, 3.8) is 0 Å². The van der Waals surface area contributed by atoms with Crippen LogP contribution in [0.1, 0.15) is 19.3 Å². The minimum atomic E-state index is 0.591. The quantitative estimate of drug-likeness (QED) is 0.804. The first kappa shape index (κ1) is 14.4.